The fourth-order valence-corrected chi connectivity index (χ4v) is 3.07. The third-order valence-corrected chi connectivity index (χ3v) is 4.27. The molecule has 0 aromatic heterocycles. The molecule has 3 nitrogen and oxygen atoms in total. The van der Waals surface area contributed by atoms with Gasteiger partial charge < -0.3 is 10.8 Å². The molecule has 1 aromatic rings. The number of phenols is 1. The number of phenolic OH excluding ortho intramolecular Hbond substituents is 1. The molecule has 2 rings (SSSR count). The van der Waals surface area contributed by atoms with E-state index >= 15 is 0 Å². The van der Waals surface area contributed by atoms with Gasteiger partial charge in [0.2, 0.25) is 0 Å². The highest BCUT2D eigenvalue weighted by molar-refractivity contribution is 5.28. The Kier molecular flexibility index (Phi) is 4.25. The lowest BCUT2D eigenvalue weighted by atomic mass is 9.88. The zero-order valence-electron chi connectivity index (χ0n) is 11.3. The summed E-state index contributed by atoms with van der Waals surface area (Å²) in [5.74, 6) is 0.997. The van der Waals surface area contributed by atoms with Crippen molar-refractivity contribution in [3.63, 3.8) is 0 Å². The minimum Gasteiger partial charge on any atom is -0.508 e. The Morgan fingerprint density at radius 1 is 1.39 bits per heavy atom. The van der Waals surface area contributed by atoms with Gasteiger partial charge in [0.15, 0.2) is 0 Å². The van der Waals surface area contributed by atoms with E-state index in [2.05, 4.69) is 18.7 Å². The van der Waals surface area contributed by atoms with Crippen molar-refractivity contribution in [1.82, 2.24) is 4.90 Å². The lowest BCUT2D eigenvalue weighted by Gasteiger charge is -2.43. The second-order valence-corrected chi connectivity index (χ2v) is 5.43. The van der Waals surface area contributed by atoms with E-state index in [-0.39, 0.29) is 0 Å². The second kappa shape index (κ2) is 5.72. The van der Waals surface area contributed by atoms with Crippen LogP contribution in [0.25, 0.3) is 0 Å². The zero-order chi connectivity index (χ0) is 13.1. The fourth-order valence-electron chi connectivity index (χ4n) is 3.07. The van der Waals surface area contributed by atoms with Crippen molar-refractivity contribution in [1.29, 1.82) is 0 Å². The molecule has 0 spiro atoms. The maximum Gasteiger partial charge on any atom is 0.115 e. The predicted octanol–water partition coefficient (Wildman–Crippen LogP) is 2.51. The summed E-state index contributed by atoms with van der Waals surface area (Å²) in [6.07, 6.45) is 2.53. The first-order chi connectivity index (χ1) is 8.63. The summed E-state index contributed by atoms with van der Waals surface area (Å²) >= 11 is 0. The van der Waals surface area contributed by atoms with Crippen molar-refractivity contribution in [3.05, 3.63) is 29.8 Å². The van der Waals surface area contributed by atoms with Gasteiger partial charge in [-0.1, -0.05) is 19.1 Å². The average molecular weight is 248 g/mol. The van der Waals surface area contributed by atoms with E-state index in [1.165, 1.54) is 18.4 Å². The Morgan fingerprint density at radius 2 is 2.06 bits per heavy atom. The molecule has 1 saturated heterocycles. The number of piperidine rings is 1. The van der Waals surface area contributed by atoms with Crippen molar-refractivity contribution in [2.24, 2.45) is 11.7 Å². The molecule has 1 aliphatic rings. The Morgan fingerprint density at radius 3 is 2.67 bits per heavy atom. The van der Waals surface area contributed by atoms with Gasteiger partial charge in [-0.2, -0.15) is 0 Å². The van der Waals surface area contributed by atoms with Crippen LogP contribution in [-0.4, -0.2) is 29.1 Å². The number of nitrogens with zero attached hydrogens (tertiary/aromatic N) is 1. The van der Waals surface area contributed by atoms with Crippen LogP contribution >= 0.6 is 0 Å². The van der Waals surface area contributed by atoms with Crippen molar-refractivity contribution >= 4 is 0 Å². The summed E-state index contributed by atoms with van der Waals surface area (Å²) in [4.78, 5) is 2.51. The maximum atomic E-state index is 9.36. The van der Waals surface area contributed by atoms with Crippen molar-refractivity contribution in [3.8, 4) is 5.75 Å². The largest absolute Gasteiger partial charge is 0.508 e. The molecule has 3 unspecified atom stereocenters. The quantitative estimate of drug-likeness (QED) is 0.864. The first-order valence-electron chi connectivity index (χ1n) is 6.88. The average Bonchev–Trinajstić information content (AvgIpc) is 2.38. The van der Waals surface area contributed by atoms with E-state index in [1.807, 2.05) is 12.1 Å². The van der Waals surface area contributed by atoms with E-state index in [0.717, 1.165) is 13.1 Å². The molecular formula is C15H24N2O. The molecule has 1 aromatic carbocycles. The van der Waals surface area contributed by atoms with E-state index in [0.29, 0.717) is 23.8 Å². The van der Waals surface area contributed by atoms with Crippen LogP contribution in [0, 0.1) is 5.92 Å². The van der Waals surface area contributed by atoms with Crippen LogP contribution in [0.4, 0.5) is 0 Å². The van der Waals surface area contributed by atoms with Gasteiger partial charge in [0.05, 0.1) is 0 Å². The van der Waals surface area contributed by atoms with Gasteiger partial charge in [-0.15, -0.1) is 0 Å². The Bertz CT molecular complexity index is 377. The highest BCUT2D eigenvalue weighted by Gasteiger charge is 2.30. The van der Waals surface area contributed by atoms with Gasteiger partial charge in [-0.25, -0.2) is 0 Å². The number of hydrogen-bond acceptors (Lipinski definition) is 3. The van der Waals surface area contributed by atoms with Crippen LogP contribution in [0.3, 0.4) is 0 Å². The predicted molar refractivity (Wildman–Crippen MR) is 74.5 cm³/mol. The number of nitrogens with two attached hydrogens (primary N) is 1. The van der Waals surface area contributed by atoms with Gasteiger partial charge in [-0.05, 0) is 49.9 Å². The van der Waals surface area contributed by atoms with Crippen molar-refractivity contribution in [2.75, 3.05) is 13.1 Å². The van der Waals surface area contributed by atoms with E-state index in [4.69, 9.17) is 5.73 Å². The van der Waals surface area contributed by atoms with E-state index < -0.39 is 0 Å². The van der Waals surface area contributed by atoms with Gasteiger partial charge in [0, 0.05) is 18.6 Å². The lowest BCUT2D eigenvalue weighted by molar-refractivity contribution is 0.0689. The molecule has 1 fully saturated rings. The summed E-state index contributed by atoms with van der Waals surface area (Å²) < 4.78 is 0. The number of benzene rings is 1. The lowest BCUT2D eigenvalue weighted by Crippen LogP contribution is -2.49. The molecule has 1 heterocycles. The van der Waals surface area contributed by atoms with Crippen LogP contribution in [0.2, 0.25) is 0 Å². The summed E-state index contributed by atoms with van der Waals surface area (Å²) in [6, 6.07) is 8.37. The van der Waals surface area contributed by atoms with Crippen LogP contribution < -0.4 is 5.73 Å². The summed E-state index contributed by atoms with van der Waals surface area (Å²) in [5.41, 5.74) is 7.19. The number of aromatic hydroxyl groups is 1. The number of rotatable bonds is 3. The Labute approximate surface area is 110 Å². The number of likely N-dealkylation sites (tertiary alicyclic amines) is 1. The van der Waals surface area contributed by atoms with Crippen LogP contribution in [-0.2, 0) is 0 Å². The fraction of sp³-hybridized carbons (Fsp3) is 0.600. The molecule has 0 bridgehead atoms. The SMILES string of the molecule is CC1CCCN(C(C)c2ccc(O)cc2)C1CN. The molecular weight excluding hydrogens is 224 g/mol. The molecule has 0 aliphatic carbocycles. The zero-order valence-corrected chi connectivity index (χ0v) is 11.3. The maximum absolute atomic E-state index is 9.36. The van der Waals surface area contributed by atoms with Crippen LogP contribution in [0.5, 0.6) is 5.75 Å². The Hall–Kier alpha value is -1.06. The smallest absolute Gasteiger partial charge is 0.115 e. The minimum absolute atomic E-state index is 0.327. The standard InChI is InChI=1S/C15H24N2O/c1-11-4-3-9-17(15(11)10-16)12(2)13-5-7-14(18)8-6-13/h5-8,11-12,15,18H,3-4,9-10,16H2,1-2H3. The molecule has 100 valence electrons. The minimum atomic E-state index is 0.327. The summed E-state index contributed by atoms with van der Waals surface area (Å²) in [6.45, 7) is 6.37. The molecule has 0 radical (unpaired) electrons. The van der Waals surface area contributed by atoms with Gasteiger partial charge in [-0.3, -0.25) is 4.90 Å². The van der Waals surface area contributed by atoms with Gasteiger partial charge in [0.1, 0.15) is 5.75 Å². The van der Waals surface area contributed by atoms with Crippen molar-refractivity contribution in [2.45, 2.75) is 38.8 Å². The normalized spacial score (nSPS) is 27.1. The van der Waals surface area contributed by atoms with Gasteiger partial charge in [0.25, 0.3) is 0 Å². The molecule has 3 atom stereocenters. The molecule has 3 N–H and O–H groups in total. The Balaban J connectivity index is 2.15. The van der Waals surface area contributed by atoms with Crippen LogP contribution in [0.15, 0.2) is 24.3 Å². The molecule has 0 amide bonds. The first-order valence-corrected chi connectivity index (χ1v) is 6.88. The van der Waals surface area contributed by atoms with Crippen LogP contribution in [0.1, 0.15) is 38.3 Å². The van der Waals surface area contributed by atoms with E-state index in [9.17, 15) is 5.11 Å². The third-order valence-electron chi connectivity index (χ3n) is 4.27. The molecule has 3 heteroatoms. The highest BCUT2D eigenvalue weighted by atomic mass is 16.3. The second-order valence-electron chi connectivity index (χ2n) is 5.43. The molecule has 0 saturated carbocycles. The number of hydrogen-bond donors (Lipinski definition) is 2. The third kappa shape index (κ3) is 2.68. The highest BCUT2D eigenvalue weighted by Crippen LogP contribution is 2.31. The monoisotopic (exact) mass is 248 g/mol. The van der Waals surface area contributed by atoms with E-state index in [1.54, 1.807) is 12.1 Å². The molecule has 1 aliphatic heterocycles. The molecule has 18 heavy (non-hydrogen) atoms. The first kappa shape index (κ1) is 13.4. The summed E-state index contributed by atoms with van der Waals surface area (Å²) in [5, 5.41) is 9.36. The topological polar surface area (TPSA) is 49.5 Å². The summed E-state index contributed by atoms with van der Waals surface area (Å²) in [7, 11) is 0. The van der Waals surface area contributed by atoms with Gasteiger partial charge >= 0.3 is 0 Å². The van der Waals surface area contributed by atoms with Crippen molar-refractivity contribution < 1.29 is 5.11 Å².